The van der Waals surface area contributed by atoms with Crippen molar-refractivity contribution in [2.24, 2.45) is 0 Å². The van der Waals surface area contributed by atoms with Crippen molar-refractivity contribution in [2.75, 3.05) is 0 Å². The molecule has 36 valence electrons. The molecule has 0 amide bonds. The molecule has 0 aromatic rings. The Morgan fingerprint density at radius 1 is 1.00 bits per heavy atom. The van der Waals surface area contributed by atoms with Crippen LogP contribution in [0.15, 0.2) is 12.2 Å². The molecule has 0 bridgehead atoms. The van der Waals surface area contributed by atoms with Gasteiger partial charge in [-0.15, -0.1) is 0 Å². The lowest BCUT2D eigenvalue weighted by atomic mass is 10.4. The number of hydrogen-bond acceptors (Lipinski definition) is 0. The van der Waals surface area contributed by atoms with E-state index < -0.39 is 0 Å². The molecule has 0 aromatic carbocycles. The van der Waals surface area contributed by atoms with Crippen LogP contribution in [0.2, 0.25) is 0 Å². The van der Waals surface area contributed by atoms with Gasteiger partial charge in [0.2, 0.25) is 0 Å². The van der Waals surface area contributed by atoms with Crippen molar-refractivity contribution in [1.29, 1.82) is 0 Å². The quantitative estimate of drug-likeness (QED) is 0.395. The SMILES string of the molecule is C.C1=CCCC1. The van der Waals surface area contributed by atoms with Crippen LogP contribution in [-0.4, -0.2) is 0 Å². The van der Waals surface area contributed by atoms with E-state index in [0.717, 1.165) is 0 Å². The van der Waals surface area contributed by atoms with Crippen molar-refractivity contribution >= 4 is 0 Å². The summed E-state index contributed by atoms with van der Waals surface area (Å²) in [5, 5.41) is 0. The number of allylic oxidation sites excluding steroid dienone is 2. The highest BCUT2D eigenvalue weighted by atomic mass is 13.9. The Balaban J connectivity index is 0.000000250. The fourth-order valence-corrected chi connectivity index (χ4v) is 0.589. The fraction of sp³-hybridized carbons (Fsp3) is 0.667. The van der Waals surface area contributed by atoms with Gasteiger partial charge < -0.3 is 0 Å². The van der Waals surface area contributed by atoms with Gasteiger partial charge in [-0.05, 0) is 19.3 Å². The molecule has 0 unspecified atom stereocenters. The zero-order valence-electron chi connectivity index (χ0n) is 3.28. The standard InChI is InChI=1S/C5H8.CH4/c1-2-4-5-3-1;/h1-2H,3-5H2;1H4. The highest BCUT2D eigenvalue weighted by Gasteiger charge is 1.84. The van der Waals surface area contributed by atoms with E-state index in [1.54, 1.807) is 0 Å². The maximum absolute atomic E-state index is 2.24. The van der Waals surface area contributed by atoms with Crippen LogP contribution in [0, 0.1) is 0 Å². The van der Waals surface area contributed by atoms with Gasteiger partial charge in [0.15, 0.2) is 0 Å². The van der Waals surface area contributed by atoms with Crippen LogP contribution in [0.3, 0.4) is 0 Å². The summed E-state index contributed by atoms with van der Waals surface area (Å²) < 4.78 is 0. The maximum atomic E-state index is 2.24. The summed E-state index contributed by atoms with van der Waals surface area (Å²) in [6.45, 7) is 0. The molecular weight excluding hydrogens is 72.1 g/mol. The smallest absolute Gasteiger partial charge is 0.0348 e. The summed E-state index contributed by atoms with van der Waals surface area (Å²) in [5.41, 5.74) is 0. The number of rotatable bonds is 0. The highest BCUT2D eigenvalue weighted by Crippen LogP contribution is 2.05. The normalized spacial score (nSPS) is 17.3. The van der Waals surface area contributed by atoms with Crippen LogP contribution in [0.4, 0.5) is 0 Å². The number of hydrogen-bond donors (Lipinski definition) is 0. The lowest BCUT2D eigenvalue weighted by Gasteiger charge is -1.69. The van der Waals surface area contributed by atoms with Gasteiger partial charge in [0, 0.05) is 0 Å². The Labute approximate surface area is 39.9 Å². The molecule has 0 radical (unpaired) electrons. The molecule has 6 heavy (non-hydrogen) atoms. The van der Waals surface area contributed by atoms with Gasteiger partial charge in [0.25, 0.3) is 0 Å². The fourth-order valence-electron chi connectivity index (χ4n) is 0.589. The molecular formula is C6H12. The minimum absolute atomic E-state index is 0. The van der Waals surface area contributed by atoms with Crippen LogP contribution in [0.1, 0.15) is 26.7 Å². The third-order valence-electron chi connectivity index (χ3n) is 0.908. The predicted molar refractivity (Wildman–Crippen MR) is 29.7 cm³/mol. The molecule has 1 rings (SSSR count). The monoisotopic (exact) mass is 84.1 g/mol. The first kappa shape index (κ1) is 5.74. The summed E-state index contributed by atoms with van der Waals surface area (Å²) in [6.07, 6.45) is 8.50. The van der Waals surface area contributed by atoms with Crippen LogP contribution >= 0.6 is 0 Å². The molecule has 0 N–H and O–H groups in total. The topological polar surface area (TPSA) is 0 Å². The van der Waals surface area contributed by atoms with Gasteiger partial charge in [-0.25, -0.2) is 0 Å². The maximum Gasteiger partial charge on any atom is -0.0348 e. The molecule has 0 saturated carbocycles. The molecule has 0 nitrogen and oxygen atoms in total. The van der Waals surface area contributed by atoms with Gasteiger partial charge in [-0.3, -0.25) is 0 Å². The first-order chi connectivity index (χ1) is 2.50. The van der Waals surface area contributed by atoms with Crippen molar-refractivity contribution < 1.29 is 0 Å². The average molecular weight is 84.2 g/mol. The molecule has 0 aromatic heterocycles. The van der Waals surface area contributed by atoms with Crippen molar-refractivity contribution in [3.63, 3.8) is 0 Å². The Kier molecular flexibility index (Phi) is 2.82. The molecule has 0 atom stereocenters. The van der Waals surface area contributed by atoms with Crippen molar-refractivity contribution in [3.05, 3.63) is 12.2 Å². The van der Waals surface area contributed by atoms with Crippen LogP contribution in [0.5, 0.6) is 0 Å². The van der Waals surface area contributed by atoms with E-state index in [4.69, 9.17) is 0 Å². The molecule has 0 fully saturated rings. The summed E-state index contributed by atoms with van der Waals surface area (Å²) in [5.74, 6) is 0. The van der Waals surface area contributed by atoms with Crippen molar-refractivity contribution in [1.82, 2.24) is 0 Å². The summed E-state index contributed by atoms with van der Waals surface area (Å²) in [4.78, 5) is 0. The lowest BCUT2D eigenvalue weighted by molar-refractivity contribution is 0.929. The third-order valence-corrected chi connectivity index (χ3v) is 0.908. The Hall–Kier alpha value is -0.260. The van der Waals surface area contributed by atoms with Crippen LogP contribution < -0.4 is 0 Å². The summed E-state index contributed by atoms with van der Waals surface area (Å²) in [7, 11) is 0. The molecule has 0 saturated heterocycles. The van der Waals surface area contributed by atoms with Gasteiger partial charge >= 0.3 is 0 Å². The molecule has 0 aliphatic heterocycles. The molecule has 0 heterocycles. The largest absolute Gasteiger partial charge is 0.0885 e. The summed E-state index contributed by atoms with van der Waals surface area (Å²) >= 11 is 0. The van der Waals surface area contributed by atoms with E-state index in [0.29, 0.717) is 0 Å². The van der Waals surface area contributed by atoms with Crippen molar-refractivity contribution in [3.8, 4) is 0 Å². The Morgan fingerprint density at radius 2 is 1.50 bits per heavy atom. The predicted octanol–water partition coefficient (Wildman–Crippen LogP) is 2.36. The highest BCUT2D eigenvalue weighted by molar-refractivity contribution is 4.88. The average Bonchev–Trinajstić information content (AvgIpc) is 1.76. The van der Waals surface area contributed by atoms with E-state index in [1.807, 2.05) is 0 Å². The second-order valence-electron chi connectivity index (χ2n) is 1.40. The van der Waals surface area contributed by atoms with Gasteiger partial charge in [0.05, 0.1) is 0 Å². The van der Waals surface area contributed by atoms with Gasteiger partial charge in [0.1, 0.15) is 0 Å². The zero-order chi connectivity index (χ0) is 3.54. The Bertz CT molecular complexity index is 38.0. The first-order valence-electron chi connectivity index (χ1n) is 2.15. The Morgan fingerprint density at radius 3 is 1.67 bits per heavy atom. The molecule has 0 heteroatoms. The van der Waals surface area contributed by atoms with Gasteiger partial charge in [-0.1, -0.05) is 19.6 Å². The van der Waals surface area contributed by atoms with Crippen molar-refractivity contribution in [2.45, 2.75) is 26.7 Å². The summed E-state index contributed by atoms with van der Waals surface area (Å²) in [6, 6.07) is 0. The minimum atomic E-state index is 0. The van der Waals surface area contributed by atoms with E-state index in [1.165, 1.54) is 19.3 Å². The van der Waals surface area contributed by atoms with Crippen LogP contribution in [-0.2, 0) is 0 Å². The van der Waals surface area contributed by atoms with E-state index in [-0.39, 0.29) is 7.43 Å². The second kappa shape index (κ2) is 2.95. The van der Waals surface area contributed by atoms with E-state index in [2.05, 4.69) is 12.2 Å². The molecule has 1 aliphatic carbocycles. The van der Waals surface area contributed by atoms with E-state index in [9.17, 15) is 0 Å². The van der Waals surface area contributed by atoms with E-state index >= 15 is 0 Å². The first-order valence-corrected chi connectivity index (χ1v) is 2.15. The second-order valence-corrected chi connectivity index (χ2v) is 1.40. The van der Waals surface area contributed by atoms with Gasteiger partial charge in [-0.2, -0.15) is 0 Å². The molecule has 1 aliphatic rings. The van der Waals surface area contributed by atoms with Crippen LogP contribution in [0.25, 0.3) is 0 Å². The third kappa shape index (κ3) is 1.25. The minimum Gasteiger partial charge on any atom is -0.0885 e. The lowest BCUT2D eigenvalue weighted by Crippen LogP contribution is -1.50. The molecule has 0 spiro atoms. The zero-order valence-corrected chi connectivity index (χ0v) is 3.28.